The molecule has 0 spiro atoms. The van der Waals surface area contributed by atoms with Crippen LogP contribution in [0.25, 0.3) is 11.0 Å². The maximum atomic E-state index is 12.8. The molecule has 0 radical (unpaired) electrons. The molecule has 0 aliphatic heterocycles. The average Bonchev–Trinajstić information content (AvgIpc) is 3.33. The normalized spacial score (nSPS) is 14.9. The van der Waals surface area contributed by atoms with Gasteiger partial charge in [0.1, 0.15) is 5.76 Å². The van der Waals surface area contributed by atoms with Crippen LogP contribution < -0.4 is 5.32 Å². The average molecular weight is 442 g/mol. The number of carbonyl (C=O) groups is 2. The fraction of sp³-hybridized carbons (Fsp3) is 0.296. The minimum atomic E-state index is -0.290. The van der Waals surface area contributed by atoms with E-state index >= 15 is 0 Å². The number of nitrogens with zero attached hydrogens (tertiary/aromatic N) is 2. The second-order valence-electron chi connectivity index (χ2n) is 9.66. The van der Waals surface area contributed by atoms with Gasteiger partial charge in [-0.3, -0.25) is 9.59 Å². The largest absolute Gasteiger partial charge is 0.455 e. The zero-order valence-corrected chi connectivity index (χ0v) is 19.1. The van der Waals surface area contributed by atoms with Crippen molar-refractivity contribution in [3.05, 3.63) is 88.6 Å². The summed E-state index contributed by atoms with van der Waals surface area (Å²) >= 11 is 0. The molecule has 0 unspecified atom stereocenters. The SMILES string of the molecule is Cc1c(C(=O)NCc2ccc(Cn3cnc4ccccc43)cc2)oc2c1C(=O)CC(C)(C)C2. The third-order valence-electron chi connectivity index (χ3n) is 6.34. The molecule has 1 N–H and O–H groups in total. The van der Waals surface area contributed by atoms with Crippen LogP contribution in [-0.2, 0) is 19.5 Å². The molecular formula is C27H27N3O3. The number of ketones is 1. The molecule has 0 atom stereocenters. The minimum Gasteiger partial charge on any atom is -0.455 e. The molecule has 168 valence electrons. The van der Waals surface area contributed by atoms with E-state index in [4.69, 9.17) is 4.42 Å². The van der Waals surface area contributed by atoms with Crippen LogP contribution in [-0.4, -0.2) is 21.2 Å². The molecule has 0 saturated carbocycles. The van der Waals surface area contributed by atoms with Crippen LogP contribution in [0, 0.1) is 12.3 Å². The maximum absolute atomic E-state index is 12.8. The van der Waals surface area contributed by atoms with Gasteiger partial charge in [-0.15, -0.1) is 0 Å². The number of hydrogen-bond acceptors (Lipinski definition) is 4. The molecule has 0 bridgehead atoms. The zero-order valence-electron chi connectivity index (χ0n) is 19.1. The van der Waals surface area contributed by atoms with Gasteiger partial charge >= 0.3 is 0 Å². The molecular weight excluding hydrogens is 414 g/mol. The lowest BCUT2D eigenvalue weighted by Crippen LogP contribution is -2.26. The molecule has 2 aromatic heterocycles. The van der Waals surface area contributed by atoms with E-state index < -0.39 is 0 Å². The van der Waals surface area contributed by atoms with Crippen LogP contribution >= 0.6 is 0 Å². The fourth-order valence-electron chi connectivity index (χ4n) is 4.66. The lowest BCUT2D eigenvalue weighted by Gasteiger charge is -2.27. The predicted octanol–water partition coefficient (Wildman–Crippen LogP) is 5.07. The number of rotatable bonds is 5. The van der Waals surface area contributed by atoms with Crippen molar-refractivity contribution in [2.24, 2.45) is 5.41 Å². The molecule has 5 rings (SSSR count). The number of imidazole rings is 1. The molecule has 4 aromatic rings. The van der Waals surface area contributed by atoms with Gasteiger partial charge in [-0.2, -0.15) is 0 Å². The fourth-order valence-corrected chi connectivity index (χ4v) is 4.66. The van der Waals surface area contributed by atoms with Crippen molar-refractivity contribution in [3.8, 4) is 0 Å². The Morgan fingerprint density at radius 1 is 1.09 bits per heavy atom. The van der Waals surface area contributed by atoms with Gasteiger partial charge in [-0.25, -0.2) is 4.98 Å². The lowest BCUT2D eigenvalue weighted by atomic mass is 9.76. The Balaban J connectivity index is 1.25. The number of para-hydroxylation sites is 2. The molecule has 1 aliphatic rings. The highest BCUT2D eigenvalue weighted by atomic mass is 16.4. The van der Waals surface area contributed by atoms with Crippen LogP contribution in [0.3, 0.4) is 0 Å². The number of fused-ring (bicyclic) bond motifs is 2. The summed E-state index contributed by atoms with van der Waals surface area (Å²) in [7, 11) is 0. The first kappa shape index (κ1) is 21.2. The molecule has 6 nitrogen and oxygen atoms in total. The van der Waals surface area contributed by atoms with Gasteiger partial charge in [0.25, 0.3) is 5.91 Å². The van der Waals surface area contributed by atoms with E-state index in [2.05, 4.69) is 33.1 Å². The van der Waals surface area contributed by atoms with Gasteiger partial charge < -0.3 is 14.3 Å². The third kappa shape index (κ3) is 4.09. The predicted molar refractivity (Wildman–Crippen MR) is 126 cm³/mol. The van der Waals surface area contributed by atoms with Crippen molar-refractivity contribution >= 4 is 22.7 Å². The monoisotopic (exact) mass is 441 g/mol. The first-order valence-corrected chi connectivity index (χ1v) is 11.2. The van der Waals surface area contributed by atoms with Gasteiger partial charge in [-0.1, -0.05) is 50.2 Å². The van der Waals surface area contributed by atoms with Gasteiger partial charge in [0.05, 0.1) is 22.9 Å². The van der Waals surface area contributed by atoms with Crippen molar-refractivity contribution in [1.82, 2.24) is 14.9 Å². The quantitative estimate of drug-likeness (QED) is 0.469. The van der Waals surface area contributed by atoms with E-state index in [9.17, 15) is 9.59 Å². The zero-order chi connectivity index (χ0) is 23.2. The summed E-state index contributed by atoms with van der Waals surface area (Å²) in [6.07, 6.45) is 2.99. The summed E-state index contributed by atoms with van der Waals surface area (Å²) in [5, 5.41) is 2.93. The molecule has 1 amide bonds. The summed E-state index contributed by atoms with van der Waals surface area (Å²) in [6.45, 7) is 7.00. The van der Waals surface area contributed by atoms with E-state index in [1.807, 2.05) is 50.5 Å². The van der Waals surface area contributed by atoms with Gasteiger partial charge in [0, 0.05) is 31.5 Å². The van der Waals surface area contributed by atoms with Crippen molar-refractivity contribution in [2.75, 3.05) is 0 Å². The smallest absolute Gasteiger partial charge is 0.287 e. The number of Topliss-reactive ketones (excluding diaryl/α,β-unsaturated/α-hetero) is 1. The number of aromatic nitrogens is 2. The van der Waals surface area contributed by atoms with Crippen molar-refractivity contribution in [3.63, 3.8) is 0 Å². The Morgan fingerprint density at radius 2 is 1.82 bits per heavy atom. The third-order valence-corrected chi connectivity index (χ3v) is 6.34. The van der Waals surface area contributed by atoms with Crippen LogP contribution in [0.15, 0.2) is 59.3 Å². The minimum absolute atomic E-state index is 0.0582. The first-order valence-electron chi connectivity index (χ1n) is 11.2. The van der Waals surface area contributed by atoms with Gasteiger partial charge in [0.15, 0.2) is 11.5 Å². The number of furan rings is 1. The van der Waals surface area contributed by atoms with Crippen LogP contribution in [0.5, 0.6) is 0 Å². The Morgan fingerprint density at radius 3 is 2.61 bits per heavy atom. The highest BCUT2D eigenvalue weighted by molar-refractivity contribution is 6.03. The first-order chi connectivity index (χ1) is 15.8. The summed E-state index contributed by atoms with van der Waals surface area (Å²) in [5.74, 6) is 0.647. The van der Waals surface area contributed by atoms with Crippen molar-refractivity contribution in [2.45, 2.75) is 46.7 Å². The number of carbonyl (C=O) groups excluding carboxylic acids is 2. The van der Waals surface area contributed by atoms with Gasteiger partial charge in [-0.05, 0) is 35.6 Å². The van der Waals surface area contributed by atoms with Crippen LogP contribution in [0.2, 0.25) is 0 Å². The maximum Gasteiger partial charge on any atom is 0.287 e. The Bertz CT molecular complexity index is 1360. The topological polar surface area (TPSA) is 77.1 Å². The van der Waals surface area contributed by atoms with Crippen molar-refractivity contribution < 1.29 is 14.0 Å². The lowest BCUT2D eigenvalue weighted by molar-refractivity contribution is 0.0888. The Hall–Kier alpha value is -3.67. The second kappa shape index (κ2) is 8.03. The molecule has 33 heavy (non-hydrogen) atoms. The molecule has 0 saturated heterocycles. The molecule has 2 aromatic carbocycles. The van der Waals surface area contributed by atoms with E-state index in [-0.39, 0.29) is 22.9 Å². The number of amides is 1. The van der Waals surface area contributed by atoms with E-state index in [0.29, 0.717) is 36.3 Å². The Labute approximate surface area is 192 Å². The van der Waals surface area contributed by atoms with E-state index in [1.165, 1.54) is 0 Å². The number of nitrogens with one attached hydrogen (secondary N) is 1. The standard InChI is InChI=1S/C27H27N3O3/c1-17-24-22(31)12-27(2,3)13-23(24)33-25(17)26(32)28-14-18-8-10-19(11-9-18)15-30-16-29-20-6-4-5-7-21(20)30/h4-11,16H,12-15H2,1-3H3,(H,28,32). The van der Waals surface area contributed by atoms with Crippen LogP contribution in [0.1, 0.15) is 63.6 Å². The van der Waals surface area contributed by atoms with E-state index in [0.717, 1.165) is 28.7 Å². The highest BCUT2D eigenvalue weighted by Gasteiger charge is 2.37. The molecule has 2 heterocycles. The summed E-state index contributed by atoms with van der Waals surface area (Å²) in [4.78, 5) is 29.8. The highest BCUT2D eigenvalue weighted by Crippen LogP contribution is 2.38. The Kier molecular flexibility index (Phi) is 5.16. The van der Waals surface area contributed by atoms with Crippen molar-refractivity contribution in [1.29, 1.82) is 0 Å². The summed E-state index contributed by atoms with van der Waals surface area (Å²) in [5.41, 5.74) is 5.33. The number of hydrogen-bond donors (Lipinski definition) is 1. The summed E-state index contributed by atoms with van der Waals surface area (Å²) in [6, 6.07) is 16.2. The van der Waals surface area contributed by atoms with Gasteiger partial charge in [0.2, 0.25) is 0 Å². The van der Waals surface area contributed by atoms with Crippen LogP contribution in [0.4, 0.5) is 0 Å². The second-order valence-corrected chi connectivity index (χ2v) is 9.66. The number of benzene rings is 2. The van der Waals surface area contributed by atoms with E-state index in [1.54, 1.807) is 6.92 Å². The molecule has 6 heteroatoms. The summed E-state index contributed by atoms with van der Waals surface area (Å²) < 4.78 is 7.99. The molecule has 0 fully saturated rings. The molecule has 1 aliphatic carbocycles.